The number of carbonyl (C=O) groups is 1. The van der Waals surface area contributed by atoms with Crippen LogP contribution in [0, 0.1) is 0 Å². The molecule has 0 fully saturated rings. The van der Waals surface area contributed by atoms with Crippen LogP contribution in [0.25, 0.3) is 11.0 Å². The van der Waals surface area contributed by atoms with E-state index in [1.54, 1.807) is 0 Å². The van der Waals surface area contributed by atoms with Crippen molar-refractivity contribution >= 4 is 17.0 Å². The third kappa shape index (κ3) is 3.37. The molecule has 23 heavy (non-hydrogen) atoms. The standard InChI is InChI=1S/C19H18N2O2/c1-3-13(2)14-8-10-15(11-9-14)23-19(22)18-12-20-16-6-4-5-7-17(16)21-18/h4-13H,3H2,1-2H3/t13-/m0/s1. The number of para-hydroxylation sites is 2. The van der Waals surface area contributed by atoms with Crippen molar-refractivity contribution in [3.8, 4) is 5.75 Å². The molecule has 0 aliphatic rings. The Morgan fingerprint density at radius 3 is 2.48 bits per heavy atom. The van der Waals surface area contributed by atoms with Crippen LogP contribution >= 0.6 is 0 Å². The van der Waals surface area contributed by atoms with Gasteiger partial charge in [-0.2, -0.15) is 0 Å². The molecular weight excluding hydrogens is 288 g/mol. The Kier molecular flexibility index (Phi) is 4.33. The first-order chi connectivity index (χ1) is 11.2. The van der Waals surface area contributed by atoms with Crippen LogP contribution in [0.15, 0.2) is 54.7 Å². The summed E-state index contributed by atoms with van der Waals surface area (Å²) in [6, 6.07) is 15.0. The molecule has 0 N–H and O–H groups in total. The molecule has 2 aromatic carbocycles. The minimum absolute atomic E-state index is 0.203. The lowest BCUT2D eigenvalue weighted by atomic mass is 9.99. The maximum absolute atomic E-state index is 12.2. The summed E-state index contributed by atoms with van der Waals surface area (Å²) in [6.07, 6.45) is 2.52. The van der Waals surface area contributed by atoms with Crippen LogP contribution in [0.5, 0.6) is 5.75 Å². The molecule has 1 aromatic heterocycles. The Hall–Kier alpha value is -2.75. The van der Waals surface area contributed by atoms with E-state index in [1.807, 2.05) is 48.5 Å². The van der Waals surface area contributed by atoms with Crippen molar-refractivity contribution in [1.29, 1.82) is 0 Å². The van der Waals surface area contributed by atoms with Gasteiger partial charge in [0.05, 0.1) is 17.2 Å². The van der Waals surface area contributed by atoms with Crippen LogP contribution in [0.3, 0.4) is 0 Å². The van der Waals surface area contributed by atoms with E-state index in [2.05, 4.69) is 23.8 Å². The minimum atomic E-state index is -0.500. The number of benzene rings is 2. The van der Waals surface area contributed by atoms with E-state index in [1.165, 1.54) is 11.8 Å². The zero-order chi connectivity index (χ0) is 16.2. The average molecular weight is 306 g/mol. The predicted octanol–water partition coefficient (Wildman–Crippen LogP) is 4.36. The number of fused-ring (bicyclic) bond motifs is 1. The minimum Gasteiger partial charge on any atom is -0.422 e. The fourth-order valence-corrected chi connectivity index (χ4v) is 2.31. The van der Waals surface area contributed by atoms with Gasteiger partial charge in [-0.3, -0.25) is 4.98 Å². The zero-order valence-corrected chi connectivity index (χ0v) is 13.2. The van der Waals surface area contributed by atoms with E-state index in [-0.39, 0.29) is 5.69 Å². The van der Waals surface area contributed by atoms with Crippen LogP contribution < -0.4 is 4.74 Å². The van der Waals surface area contributed by atoms with Crippen molar-refractivity contribution in [1.82, 2.24) is 9.97 Å². The van der Waals surface area contributed by atoms with E-state index < -0.39 is 5.97 Å². The van der Waals surface area contributed by atoms with Gasteiger partial charge in [-0.25, -0.2) is 9.78 Å². The molecule has 4 heteroatoms. The summed E-state index contributed by atoms with van der Waals surface area (Å²) in [6.45, 7) is 4.32. The number of hydrogen-bond donors (Lipinski definition) is 0. The lowest BCUT2D eigenvalue weighted by molar-refractivity contribution is 0.0728. The highest BCUT2D eigenvalue weighted by molar-refractivity contribution is 5.90. The van der Waals surface area contributed by atoms with Crippen LogP contribution in [-0.2, 0) is 0 Å². The molecule has 3 rings (SSSR count). The highest BCUT2D eigenvalue weighted by Crippen LogP contribution is 2.22. The molecule has 0 spiro atoms. The third-order valence-corrected chi connectivity index (χ3v) is 3.93. The molecule has 0 unspecified atom stereocenters. The summed E-state index contributed by atoms with van der Waals surface area (Å²) in [5.74, 6) is 0.502. The number of aromatic nitrogens is 2. The van der Waals surface area contributed by atoms with E-state index in [9.17, 15) is 4.79 Å². The lowest BCUT2D eigenvalue weighted by Gasteiger charge is -2.10. The second-order valence-corrected chi connectivity index (χ2v) is 5.51. The van der Waals surface area contributed by atoms with Gasteiger partial charge in [0, 0.05) is 0 Å². The largest absolute Gasteiger partial charge is 0.422 e. The third-order valence-electron chi connectivity index (χ3n) is 3.93. The zero-order valence-electron chi connectivity index (χ0n) is 13.2. The van der Waals surface area contributed by atoms with Crippen molar-refractivity contribution in [2.75, 3.05) is 0 Å². The molecule has 3 aromatic rings. The van der Waals surface area contributed by atoms with Crippen LogP contribution in [0.1, 0.15) is 42.2 Å². The number of rotatable bonds is 4. The van der Waals surface area contributed by atoms with Crippen LogP contribution in [-0.4, -0.2) is 15.9 Å². The number of ether oxygens (including phenoxy) is 1. The Labute approximate surface area is 135 Å². The van der Waals surface area contributed by atoms with Crippen molar-refractivity contribution in [3.05, 3.63) is 66.0 Å². The van der Waals surface area contributed by atoms with E-state index >= 15 is 0 Å². The maximum Gasteiger partial charge on any atom is 0.363 e. The Bertz CT molecular complexity index is 828. The molecule has 4 nitrogen and oxygen atoms in total. The van der Waals surface area contributed by atoms with Gasteiger partial charge in [-0.1, -0.05) is 38.1 Å². The molecule has 116 valence electrons. The summed E-state index contributed by atoms with van der Waals surface area (Å²) < 4.78 is 5.38. The summed E-state index contributed by atoms with van der Waals surface area (Å²) >= 11 is 0. The van der Waals surface area contributed by atoms with Gasteiger partial charge in [-0.15, -0.1) is 0 Å². The van der Waals surface area contributed by atoms with Gasteiger partial charge in [-0.05, 0) is 42.2 Å². The molecule has 0 amide bonds. The Balaban J connectivity index is 1.77. The summed E-state index contributed by atoms with van der Waals surface area (Å²) in [5.41, 5.74) is 2.86. The maximum atomic E-state index is 12.2. The average Bonchev–Trinajstić information content (AvgIpc) is 2.61. The number of esters is 1. The van der Waals surface area contributed by atoms with Gasteiger partial charge < -0.3 is 4.74 Å². The van der Waals surface area contributed by atoms with E-state index in [0.717, 1.165) is 11.9 Å². The fourth-order valence-electron chi connectivity index (χ4n) is 2.31. The Morgan fingerprint density at radius 2 is 1.78 bits per heavy atom. The summed E-state index contributed by atoms with van der Waals surface area (Å²) in [5, 5.41) is 0. The van der Waals surface area contributed by atoms with Gasteiger partial charge in [0.1, 0.15) is 5.75 Å². The molecule has 0 aliphatic heterocycles. The topological polar surface area (TPSA) is 52.1 Å². The Morgan fingerprint density at radius 1 is 1.09 bits per heavy atom. The second kappa shape index (κ2) is 6.57. The first-order valence-electron chi connectivity index (χ1n) is 7.71. The number of carbonyl (C=O) groups excluding carboxylic acids is 1. The first-order valence-corrected chi connectivity index (χ1v) is 7.71. The number of hydrogen-bond acceptors (Lipinski definition) is 4. The smallest absolute Gasteiger partial charge is 0.363 e. The van der Waals surface area contributed by atoms with E-state index in [4.69, 9.17) is 4.74 Å². The summed E-state index contributed by atoms with van der Waals surface area (Å²) in [4.78, 5) is 20.7. The molecule has 1 heterocycles. The first kappa shape index (κ1) is 15.2. The molecule has 0 saturated carbocycles. The van der Waals surface area contributed by atoms with E-state index in [0.29, 0.717) is 17.2 Å². The van der Waals surface area contributed by atoms with Gasteiger partial charge in [0.2, 0.25) is 0 Å². The molecule has 0 saturated heterocycles. The van der Waals surface area contributed by atoms with Crippen LogP contribution in [0.4, 0.5) is 0 Å². The van der Waals surface area contributed by atoms with Crippen molar-refractivity contribution < 1.29 is 9.53 Å². The van der Waals surface area contributed by atoms with Crippen molar-refractivity contribution in [2.45, 2.75) is 26.2 Å². The van der Waals surface area contributed by atoms with Gasteiger partial charge in [0.15, 0.2) is 5.69 Å². The lowest BCUT2D eigenvalue weighted by Crippen LogP contribution is -2.11. The SMILES string of the molecule is CC[C@H](C)c1ccc(OC(=O)c2cnc3ccccc3n2)cc1. The molecule has 1 atom stereocenters. The monoisotopic (exact) mass is 306 g/mol. The normalized spacial score (nSPS) is 12.1. The highest BCUT2D eigenvalue weighted by Gasteiger charge is 2.12. The van der Waals surface area contributed by atoms with Gasteiger partial charge in [0.25, 0.3) is 0 Å². The predicted molar refractivity (Wildman–Crippen MR) is 89.6 cm³/mol. The molecule has 0 aliphatic carbocycles. The second-order valence-electron chi connectivity index (χ2n) is 5.51. The highest BCUT2D eigenvalue weighted by atomic mass is 16.5. The van der Waals surface area contributed by atoms with Crippen molar-refractivity contribution in [3.63, 3.8) is 0 Å². The molecule has 0 radical (unpaired) electrons. The van der Waals surface area contributed by atoms with Gasteiger partial charge >= 0.3 is 5.97 Å². The molecular formula is C19H18N2O2. The van der Waals surface area contributed by atoms with Crippen molar-refractivity contribution in [2.24, 2.45) is 0 Å². The quantitative estimate of drug-likeness (QED) is 0.531. The van der Waals surface area contributed by atoms with Crippen LogP contribution in [0.2, 0.25) is 0 Å². The molecule has 0 bridgehead atoms. The summed E-state index contributed by atoms with van der Waals surface area (Å²) in [7, 11) is 0. The number of nitrogens with zero attached hydrogens (tertiary/aromatic N) is 2. The fraction of sp³-hybridized carbons (Fsp3) is 0.211.